The summed E-state index contributed by atoms with van der Waals surface area (Å²) in [5.41, 5.74) is 0. The third kappa shape index (κ3) is 1.28. The van der Waals surface area contributed by atoms with Crippen molar-refractivity contribution in [3.05, 3.63) is 12.7 Å². The van der Waals surface area contributed by atoms with Crippen molar-refractivity contribution in [3.8, 4) is 0 Å². The number of ether oxygens (including phenoxy) is 1. The Bertz CT molecular complexity index is 176. The molecule has 0 bridgehead atoms. The van der Waals surface area contributed by atoms with E-state index in [-0.39, 0.29) is 30.5 Å². The zero-order chi connectivity index (χ0) is 8.43. The average Bonchev–Trinajstić information content (AvgIpc) is 2.28. The number of carbonyl (C=O) groups excluding carboxylic acids is 1. The molecule has 0 amide bonds. The van der Waals surface area contributed by atoms with E-state index >= 15 is 0 Å². The molecule has 0 unspecified atom stereocenters. The zero-order valence-electron chi connectivity index (χ0n) is 6.49. The Morgan fingerprint density at radius 3 is 2.82 bits per heavy atom. The Hall–Kier alpha value is -0.830. The summed E-state index contributed by atoms with van der Waals surface area (Å²) >= 11 is 0. The van der Waals surface area contributed by atoms with Crippen molar-refractivity contribution >= 4 is 5.97 Å². The van der Waals surface area contributed by atoms with Gasteiger partial charge in [0.15, 0.2) is 0 Å². The molecular weight excluding hydrogens is 144 g/mol. The van der Waals surface area contributed by atoms with Gasteiger partial charge in [0, 0.05) is 5.92 Å². The van der Waals surface area contributed by atoms with Crippen molar-refractivity contribution in [3.63, 3.8) is 0 Å². The molecule has 0 aromatic rings. The van der Waals surface area contributed by atoms with E-state index in [2.05, 4.69) is 6.58 Å². The Kier molecular flexibility index (Phi) is 2.29. The fraction of sp³-hybridized carbons (Fsp3) is 0.625. The second-order valence-electron chi connectivity index (χ2n) is 2.76. The number of rotatable bonds is 2. The minimum Gasteiger partial charge on any atom is -0.459 e. The lowest BCUT2D eigenvalue weighted by atomic mass is 9.92. The summed E-state index contributed by atoms with van der Waals surface area (Å²) in [6.07, 6.45) is 1.28. The SMILES string of the molecule is C=C[C@@H]1[C@H](C)C(=O)O[C@@H]1CO. The largest absolute Gasteiger partial charge is 0.459 e. The Balaban J connectivity index is 2.72. The van der Waals surface area contributed by atoms with Crippen LogP contribution in [0, 0.1) is 11.8 Å². The van der Waals surface area contributed by atoms with Crippen LogP contribution in [0.1, 0.15) is 6.92 Å². The van der Waals surface area contributed by atoms with Crippen LogP contribution < -0.4 is 0 Å². The molecule has 1 rings (SSSR count). The number of aliphatic hydroxyl groups excluding tert-OH is 1. The number of carbonyl (C=O) groups is 1. The van der Waals surface area contributed by atoms with Crippen LogP contribution in [0.2, 0.25) is 0 Å². The lowest BCUT2D eigenvalue weighted by Gasteiger charge is -2.11. The van der Waals surface area contributed by atoms with Gasteiger partial charge in [0.05, 0.1) is 12.5 Å². The maximum absolute atomic E-state index is 10.9. The average molecular weight is 156 g/mol. The maximum Gasteiger partial charge on any atom is 0.309 e. The lowest BCUT2D eigenvalue weighted by molar-refractivity contribution is -0.145. The molecule has 62 valence electrons. The highest BCUT2D eigenvalue weighted by molar-refractivity contribution is 5.75. The molecule has 1 heterocycles. The first kappa shape index (κ1) is 8.27. The molecule has 1 aliphatic rings. The quantitative estimate of drug-likeness (QED) is 0.463. The smallest absolute Gasteiger partial charge is 0.309 e. The Morgan fingerprint density at radius 1 is 1.82 bits per heavy atom. The molecule has 1 aliphatic heterocycles. The fourth-order valence-corrected chi connectivity index (χ4v) is 1.33. The van der Waals surface area contributed by atoms with Gasteiger partial charge in [-0.2, -0.15) is 0 Å². The van der Waals surface area contributed by atoms with Gasteiger partial charge in [0.2, 0.25) is 0 Å². The molecule has 0 aromatic heterocycles. The molecule has 3 atom stereocenters. The Morgan fingerprint density at radius 2 is 2.45 bits per heavy atom. The van der Waals surface area contributed by atoms with Gasteiger partial charge in [-0.3, -0.25) is 4.79 Å². The number of esters is 1. The van der Waals surface area contributed by atoms with Crippen molar-refractivity contribution < 1.29 is 14.6 Å². The molecule has 3 nitrogen and oxygen atoms in total. The zero-order valence-corrected chi connectivity index (χ0v) is 6.49. The highest BCUT2D eigenvalue weighted by Gasteiger charge is 2.39. The van der Waals surface area contributed by atoms with Crippen LogP contribution in [0.15, 0.2) is 12.7 Å². The second-order valence-corrected chi connectivity index (χ2v) is 2.76. The molecule has 1 fully saturated rings. The first-order valence-corrected chi connectivity index (χ1v) is 3.64. The predicted molar refractivity (Wildman–Crippen MR) is 39.8 cm³/mol. The topological polar surface area (TPSA) is 46.5 Å². The molecule has 3 heteroatoms. The van der Waals surface area contributed by atoms with Gasteiger partial charge in [-0.25, -0.2) is 0 Å². The minimum absolute atomic E-state index is 0.0347. The van der Waals surface area contributed by atoms with Crippen molar-refractivity contribution in [2.24, 2.45) is 11.8 Å². The van der Waals surface area contributed by atoms with Crippen molar-refractivity contribution in [1.29, 1.82) is 0 Å². The van der Waals surface area contributed by atoms with E-state index in [0.29, 0.717) is 0 Å². The monoisotopic (exact) mass is 156 g/mol. The van der Waals surface area contributed by atoms with Gasteiger partial charge in [0.25, 0.3) is 0 Å². The van der Waals surface area contributed by atoms with E-state index in [0.717, 1.165) is 0 Å². The molecule has 0 radical (unpaired) electrons. The number of cyclic esters (lactones) is 1. The number of aliphatic hydroxyl groups is 1. The van der Waals surface area contributed by atoms with E-state index < -0.39 is 0 Å². The first-order valence-electron chi connectivity index (χ1n) is 3.64. The van der Waals surface area contributed by atoms with Crippen LogP contribution in [0.25, 0.3) is 0 Å². The lowest BCUT2D eigenvalue weighted by Crippen LogP contribution is -2.20. The summed E-state index contributed by atoms with van der Waals surface area (Å²) in [7, 11) is 0. The predicted octanol–water partition coefficient (Wildman–Crippen LogP) is 0.342. The van der Waals surface area contributed by atoms with Crippen molar-refractivity contribution in [2.45, 2.75) is 13.0 Å². The van der Waals surface area contributed by atoms with Crippen LogP contribution in [0.3, 0.4) is 0 Å². The van der Waals surface area contributed by atoms with Gasteiger partial charge in [-0.05, 0) is 0 Å². The second kappa shape index (κ2) is 3.05. The van der Waals surface area contributed by atoms with Gasteiger partial charge >= 0.3 is 5.97 Å². The van der Waals surface area contributed by atoms with E-state index in [1.165, 1.54) is 0 Å². The van der Waals surface area contributed by atoms with Gasteiger partial charge < -0.3 is 9.84 Å². The highest BCUT2D eigenvalue weighted by atomic mass is 16.6. The summed E-state index contributed by atoms with van der Waals surface area (Å²) < 4.78 is 4.87. The third-order valence-corrected chi connectivity index (χ3v) is 2.10. The highest BCUT2D eigenvalue weighted by Crippen LogP contribution is 2.28. The maximum atomic E-state index is 10.9. The van der Waals surface area contributed by atoms with Gasteiger partial charge in [-0.15, -0.1) is 6.58 Å². The summed E-state index contributed by atoms with van der Waals surface area (Å²) in [5, 5.41) is 8.78. The van der Waals surface area contributed by atoms with Crippen molar-refractivity contribution in [1.82, 2.24) is 0 Å². The normalized spacial score (nSPS) is 36.9. The fourth-order valence-electron chi connectivity index (χ4n) is 1.33. The van der Waals surface area contributed by atoms with Crippen LogP contribution in [-0.2, 0) is 9.53 Å². The molecule has 0 aromatic carbocycles. The van der Waals surface area contributed by atoms with Crippen LogP contribution in [0.4, 0.5) is 0 Å². The summed E-state index contributed by atoms with van der Waals surface area (Å²) in [4.78, 5) is 10.9. The molecule has 11 heavy (non-hydrogen) atoms. The molecule has 0 saturated carbocycles. The van der Waals surface area contributed by atoms with E-state index in [1.54, 1.807) is 13.0 Å². The van der Waals surface area contributed by atoms with E-state index in [4.69, 9.17) is 9.84 Å². The molecule has 1 N–H and O–H groups in total. The number of hydrogen-bond donors (Lipinski definition) is 1. The van der Waals surface area contributed by atoms with Crippen LogP contribution in [0.5, 0.6) is 0 Å². The van der Waals surface area contributed by atoms with Gasteiger partial charge in [-0.1, -0.05) is 13.0 Å². The number of hydrogen-bond acceptors (Lipinski definition) is 3. The summed E-state index contributed by atoms with van der Waals surface area (Å²) in [6.45, 7) is 5.25. The molecule has 0 spiro atoms. The van der Waals surface area contributed by atoms with E-state index in [9.17, 15) is 4.79 Å². The van der Waals surface area contributed by atoms with Crippen LogP contribution in [-0.4, -0.2) is 23.8 Å². The van der Waals surface area contributed by atoms with Gasteiger partial charge in [0.1, 0.15) is 6.10 Å². The van der Waals surface area contributed by atoms with E-state index in [1.807, 2.05) is 0 Å². The molecule has 0 aliphatic carbocycles. The van der Waals surface area contributed by atoms with Crippen molar-refractivity contribution in [2.75, 3.05) is 6.61 Å². The molecular formula is C8H12O3. The first-order chi connectivity index (χ1) is 5.20. The Labute approximate surface area is 65.7 Å². The standard InChI is InChI=1S/C8H12O3/c1-3-6-5(2)8(10)11-7(6)4-9/h3,5-7,9H,1,4H2,2H3/t5-,6+,7+/m0/s1. The molecule has 1 saturated heterocycles. The summed E-state index contributed by atoms with van der Waals surface area (Å²) in [5.74, 6) is -0.439. The van der Waals surface area contributed by atoms with Crippen LogP contribution >= 0.6 is 0 Å². The minimum atomic E-state index is -0.380. The third-order valence-electron chi connectivity index (χ3n) is 2.10. The summed E-state index contributed by atoms with van der Waals surface area (Å²) in [6, 6.07) is 0.